The van der Waals surface area contributed by atoms with Crippen molar-refractivity contribution in [2.24, 2.45) is 0 Å². The summed E-state index contributed by atoms with van der Waals surface area (Å²) in [5.41, 5.74) is 4.31. The lowest BCUT2D eigenvalue weighted by atomic mass is 10.0. The van der Waals surface area contributed by atoms with E-state index in [1.165, 1.54) is 21.6 Å². The largest absolute Gasteiger partial charge is 0.369 e. The lowest BCUT2D eigenvalue weighted by molar-refractivity contribution is -0.118. The molecule has 2 aromatic heterocycles. The van der Waals surface area contributed by atoms with Gasteiger partial charge >= 0.3 is 0 Å². The number of aryl methyl sites for hydroxylation is 1. The molecule has 1 aliphatic rings. The standard InChI is InChI=1S/C31H30N6O2S/c1-21-33-27-20-24(22-8-11-25(12-9-22)36-17-15-35(2)16-18-36)10-13-26(27)30(39)37(21)28(23-6-4-3-5-7-23)29(38)34-31-32-14-19-40-31/h3-14,19-20,28H,15-18H2,1-2H3,(H,32,34,38). The second-order valence-corrected chi connectivity index (χ2v) is 10.9. The van der Waals surface area contributed by atoms with E-state index >= 15 is 0 Å². The maximum absolute atomic E-state index is 13.9. The molecule has 1 atom stereocenters. The zero-order chi connectivity index (χ0) is 27.6. The highest BCUT2D eigenvalue weighted by Crippen LogP contribution is 2.27. The second kappa shape index (κ2) is 11.0. The average Bonchev–Trinajstić information content (AvgIpc) is 3.49. The van der Waals surface area contributed by atoms with Crippen LogP contribution in [0.15, 0.2) is 89.2 Å². The highest BCUT2D eigenvalue weighted by molar-refractivity contribution is 7.13. The first kappa shape index (κ1) is 25.9. The molecule has 3 aromatic carbocycles. The number of fused-ring (bicyclic) bond motifs is 1. The van der Waals surface area contributed by atoms with E-state index in [0.29, 0.717) is 27.4 Å². The number of likely N-dealkylation sites (N-methyl/N-ethyl adjacent to an activating group) is 1. The second-order valence-electron chi connectivity index (χ2n) is 10.0. The maximum atomic E-state index is 13.9. The zero-order valence-corrected chi connectivity index (χ0v) is 23.3. The summed E-state index contributed by atoms with van der Waals surface area (Å²) in [5, 5.41) is 5.59. The Morgan fingerprint density at radius 3 is 2.38 bits per heavy atom. The molecular formula is C31H30N6O2S. The van der Waals surface area contributed by atoms with Crippen LogP contribution < -0.4 is 15.8 Å². The lowest BCUT2D eigenvalue weighted by Gasteiger charge is -2.34. The number of hydrogen-bond acceptors (Lipinski definition) is 7. The highest BCUT2D eigenvalue weighted by Gasteiger charge is 2.27. The molecule has 3 heterocycles. The normalized spacial score (nSPS) is 14.8. The molecule has 0 spiro atoms. The molecule has 1 aliphatic heterocycles. The first-order valence-electron chi connectivity index (χ1n) is 13.3. The van der Waals surface area contributed by atoms with Crippen molar-refractivity contribution in [1.29, 1.82) is 0 Å². The van der Waals surface area contributed by atoms with Gasteiger partial charge in [0.15, 0.2) is 5.13 Å². The van der Waals surface area contributed by atoms with E-state index in [1.54, 1.807) is 18.5 Å². The van der Waals surface area contributed by atoms with Gasteiger partial charge in [-0.15, -0.1) is 11.3 Å². The Morgan fingerprint density at radius 2 is 1.68 bits per heavy atom. The van der Waals surface area contributed by atoms with Crippen LogP contribution in [0, 0.1) is 6.92 Å². The van der Waals surface area contributed by atoms with Crippen molar-refractivity contribution in [1.82, 2.24) is 19.4 Å². The summed E-state index contributed by atoms with van der Waals surface area (Å²) in [6, 6.07) is 22.7. The van der Waals surface area contributed by atoms with Crippen LogP contribution in [-0.2, 0) is 4.79 Å². The number of benzene rings is 3. The Morgan fingerprint density at radius 1 is 0.950 bits per heavy atom. The van der Waals surface area contributed by atoms with Crippen molar-refractivity contribution in [3.05, 3.63) is 106 Å². The molecule has 1 unspecified atom stereocenters. The van der Waals surface area contributed by atoms with E-state index in [9.17, 15) is 9.59 Å². The third-order valence-electron chi connectivity index (χ3n) is 7.43. The summed E-state index contributed by atoms with van der Waals surface area (Å²) in [6.07, 6.45) is 1.63. The van der Waals surface area contributed by atoms with E-state index in [2.05, 4.69) is 51.4 Å². The van der Waals surface area contributed by atoms with E-state index in [0.717, 1.165) is 37.3 Å². The van der Waals surface area contributed by atoms with Gasteiger partial charge in [0, 0.05) is 43.4 Å². The molecule has 1 amide bonds. The Balaban J connectivity index is 1.35. The summed E-state index contributed by atoms with van der Waals surface area (Å²) in [7, 11) is 2.16. The zero-order valence-electron chi connectivity index (χ0n) is 22.4. The van der Waals surface area contributed by atoms with E-state index in [1.807, 2.05) is 48.5 Å². The van der Waals surface area contributed by atoms with Crippen LogP contribution >= 0.6 is 11.3 Å². The van der Waals surface area contributed by atoms with Gasteiger partial charge in [0.2, 0.25) is 0 Å². The van der Waals surface area contributed by atoms with Crippen molar-refractivity contribution in [2.75, 3.05) is 43.4 Å². The summed E-state index contributed by atoms with van der Waals surface area (Å²) < 4.78 is 1.48. The fourth-order valence-corrected chi connectivity index (χ4v) is 5.77. The molecule has 40 heavy (non-hydrogen) atoms. The molecule has 6 rings (SSSR count). The molecule has 1 fully saturated rings. The summed E-state index contributed by atoms with van der Waals surface area (Å²) >= 11 is 1.33. The number of rotatable bonds is 6. The Kier molecular flexibility index (Phi) is 7.15. The van der Waals surface area contributed by atoms with Crippen molar-refractivity contribution < 1.29 is 4.79 Å². The fraction of sp³-hybridized carbons (Fsp3) is 0.226. The monoisotopic (exact) mass is 550 g/mol. The molecule has 8 nitrogen and oxygen atoms in total. The van der Waals surface area contributed by atoms with Gasteiger partial charge in [-0.25, -0.2) is 9.97 Å². The van der Waals surface area contributed by atoms with Gasteiger partial charge in [-0.3, -0.25) is 19.5 Å². The van der Waals surface area contributed by atoms with Crippen LogP contribution in [0.3, 0.4) is 0 Å². The number of carbonyl (C=O) groups is 1. The van der Waals surface area contributed by atoms with Crippen LogP contribution in [0.5, 0.6) is 0 Å². The van der Waals surface area contributed by atoms with Gasteiger partial charge in [0.25, 0.3) is 11.5 Å². The Hall–Kier alpha value is -4.34. The maximum Gasteiger partial charge on any atom is 0.262 e. The van der Waals surface area contributed by atoms with Crippen LogP contribution in [0.4, 0.5) is 10.8 Å². The predicted molar refractivity (Wildman–Crippen MR) is 161 cm³/mol. The number of piperazine rings is 1. The summed E-state index contributed by atoms with van der Waals surface area (Å²) in [5.74, 6) is 0.118. The van der Waals surface area contributed by atoms with Gasteiger partial charge in [0.1, 0.15) is 11.9 Å². The number of anilines is 2. The number of carbonyl (C=O) groups excluding carboxylic acids is 1. The number of nitrogens with zero attached hydrogens (tertiary/aromatic N) is 5. The number of nitrogens with one attached hydrogen (secondary N) is 1. The predicted octanol–water partition coefficient (Wildman–Crippen LogP) is 4.81. The van der Waals surface area contributed by atoms with Crippen molar-refractivity contribution >= 4 is 39.0 Å². The number of amides is 1. The van der Waals surface area contributed by atoms with Gasteiger partial charge < -0.3 is 9.80 Å². The third-order valence-corrected chi connectivity index (χ3v) is 8.12. The minimum atomic E-state index is -0.892. The fourth-order valence-electron chi connectivity index (χ4n) is 5.23. The number of hydrogen-bond donors (Lipinski definition) is 1. The van der Waals surface area contributed by atoms with Gasteiger partial charge in [0.05, 0.1) is 10.9 Å². The van der Waals surface area contributed by atoms with Crippen molar-refractivity contribution in [3.8, 4) is 11.1 Å². The molecule has 0 saturated carbocycles. The van der Waals surface area contributed by atoms with E-state index < -0.39 is 6.04 Å². The Labute approximate surface area is 236 Å². The molecule has 0 aliphatic carbocycles. The van der Waals surface area contributed by atoms with Crippen LogP contribution in [0.2, 0.25) is 0 Å². The minimum absolute atomic E-state index is 0.261. The lowest BCUT2D eigenvalue weighted by Crippen LogP contribution is -2.44. The summed E-state index contributed by atoms with van der Waals surface area (Å²) in [4.78, 5) is 41.1. The molecule has 0 radical (unpaired) electrons. The molecule has 0 bridgehead atoms. The quantitative estimate of drug-likeness (QED) is 0.327. The van der Waals surface area contributed by atoms with E-state index in [-0.39, 0.29) is 11.5 Å². The number of aromatic nitrogens is 3. The molecule has 1 N–H and O–H groups in total. The first-order chi connectivity index (χ1) is 19.5. The molecular weight excluding hydrogens is 520 g/mol. The van der Waals surface area contributed by atoms with Crippen LogP contribution in [-0.4, -0.2) is 58.6 Å². The molecule has 1 saturated heterocycles. The minimum Gasteiger partial charge on any atom is -0.369 e. The topological polar surface area (TPSA) is 83.4 Å². The SMILES string of the molecule is Cc1nc2cc(-c3ccc(N4CCN(C)CC4)cc3)ccc2c(=O)n1C(C(=O)Nc1nccs1)c1ccccc1. The van der Waals surface area contributed by atoms with Crippen molar-refractivity contribution in [2.45, 2.75) is 13.0 Å². The van der Waals surface area contributed by atoms with Gasteiger partial charge in [-0.1, -0.05) is 48.5 Å². The smallest absolute Gasteiger partial charge is 0.262 e. The van der Waals surface area contributed by atoms with Crippen LogP contribution in [0.25, 0.3) is 22.0 Å². The van der Waals surface area contributed by atoms with Crippen molar-refractivity contribution in [3.63, 3.8) is 0 Å². The number of thiazole rings is 1. The van der Waals surface area contributed by atoms with E-state index in [4.69, 9.17) is 4.98 Å². The molecule has 5 aromatic rings. The summed E-state index contributed by atoms with van der Waals surface area (Å²) in [6.45, 7) is 5.94. The van der Waals surface area contributed by atoms with Gasteiger partial charge in [-0.05, 0) is 54.9 Å². The first-order valence-corrected chi connectivity index (χ1v) is 14.2. The highest BCUT2D eigenvalue weighted by atomic mass is 32.1. The molecule has 202 valence electrons. The Bertz CT molecular complexity index is 1690. The van der Waals surface area contributed by atoms with Crippen LogP contribution in [0.1, 0.15) is 17.4 Å². The molecule has 9 heteroatoms. The third kappa shape index (κ3) is 5.13. The van der Waals surface area contributed by atoms with Gasteiger partial charge in [-0.2, -0.15) is 0 Å². The average molecular weight is 551 g/mol.